The van der Waals surface area contributed by atoms with E-state index in [9.17, 15) is 9.59 Å². The Bertz CT molecular complexity index is 776. The first kappa shape index (κ1) is 17.7. The topological polar surface area (TPSA) is 46.6 Å². The van der Waals surface area contributed by atoms with E-state index in [1.165, 1.54) is 0 Å². The number of ketones is 1. The van der Waals surface area contributed by atoms with Crippen molar-refractivity contribution < 1.29 is 14.3 Å². The van der Waals surface area contributed by atoms with E-state index >= 15 is 0 Å². The van der Waals surface area contributed by atoms with Gasteiger partial charge in [0.25, 0.3) is 5.91 Å². The summed E-state index contributed by atoms with van der Waals surface area (Å²) in [5.41, 5.74) is 0.534. The first-order valence-electron chi connectivity index (χ1n) is 9.71. The van der Waals surface area contributed by atoms with Crippen LogP contribution in [0.2, 0.25) is 0 Å². The number of piperidine rings is 1. The number of amides is 1. The summed E-state index contributed by atoms with van der Waals surface area (Å²) in [6.07, 6.45) is 2.09. The molecule has 0 N–H and O–H groups in total. The zero-order valence-electron chi connectivity index (χ0n) is 16.5. The van der Waals surface area contributed by atoms with Gasteiger partial charge in [-0.05, 0) is 43.7 Å². The van der Waals surface area contributed by atoms with Gasteiger partial charge in [0.15, 0.2) is 5.60 Å². The minimum Gasteiger partial charge on any atom is -0.358 e. The van der Waals surface area contributed by atoms with Gasteiger partial charge in [0, 0.05) is 24.6 Å². The van der Waals surface area contributed by atoms with Crippen LogP contribution in [0.4, 0.5) is 5.69 Å². The van der Waals surface area contributed by atoms with E-state index in [-0.39, 0.29) is 28.9 Å². The smallest absolute Gasteiger partial charge is 0.260 e. The fourth-order valence-electron chi connectivity index (χ4n) is 5.19. The van der Waals surface area contributed by atoms with Crippen LogP contribution in [-0.4, -0.2) is 29.4 Å². The van der Waals surface area contributed by atoms with Gasteiger partial charge < -0.3 is 9.64 Å². The first-order valence-corrected chi connectivity index (χ1v) is 9.71. The lowest BCUT2D eigenvalue weighted by Crippen LogP contribution is -2.75. The number of nitrogens with zero attached hydrogens (tertiary/aromatic N) is 1. The lowest BCUT2D eigenvalue weighted by molar-refractivity contribution is -0.256. The van der Waals surface area contributed by atoms with Gasteiger partial charge in [-0.15, -0.1) is 0 Å². The highest BCUT2D eigenvalue weighted by Crippen LogP contribution is 2.58. The summed E-state index contributed by atoms with van der Waals surface area (Å²) in [6, 6.07) is 8.13. The van der Waals surface area contributed by atoms with Crippen LogP contribution in [-0.2, 0) is 19.7 Å². The van der Waals surface area contributed by atoms with Crippen LogP contribution in [0.5, 0.6) is 0 Å². The highest BCUT2D eigenvalue weighted by molar-refractivity contribution is 6.06. The fourth-order valence-corrected chi connectivity index (χ4v) is 5.19. The summed E-state index contributed by atoms with van der Waals surface area (Å²) >= 11 is 0. The highest BCUT2D eigenvalue weighted by atomic mass is 16.5. The Labute approximate surface area is 155 Å². The van der Waals surface area contributed by atoms with E-state index in [1.807, 2.05) is 36.9 Å². The number of anilines is 1. The van der Waals surface area contributed by atoms with Gasteiger partial charge in [0.05, 0.1) is 11.5 Å². The van der Waals surface area contributed by atoms with Gasteiger partial charge in [-0.1, -0.05) is 39.0 Å². The Morgan fingerprint density at radius 1 is 1.15 bits per heavy atom. The summed E-state index contributed by atoms with van der Waals surface area (Å²) in [7, 11) is 0. The Kier molecular flexibility index (Phi) is 3.69. The van der Waals surface area contributed by atoms with Crippen LogP contribution >= 0.6 is 0 Å². The number of hydrogen-bond acceptors (Lipinski definition) is 3. The number of carbonyl (C=O) groups excluding carboxylic acids is 2. The third-order valence-corrected chi connectivity index (χ3v) is 6.36. The summed E-state index contributed by atoms with van der Waals surface area (Å²) in [5.74, 6) is 0.0822. The predicted octanol–water partition coefficient (Wildman–Crippen LogP) is 3.86. The lowest BCUT2D eigenvalue weighted by Gasteiger charge is -2.62. The summed E-state index contributed by atoms with van der Waals surface area (Å²) < 4.78 is 6.41. The average molecular weight is 355 g/mol. The second-order valence-electron chi connectivity index (χ2n) is 9.80. The standard InChI is InChI=1S/C22H29NO3/c1-20(2,3)15-8-6-7-9-17(15)23-11-10-14-12-16-18(24)13-21(4,5)26-22(14,16)19(23)25/h6-9,14,16H,10-13H2,1-5H3/t14-,16+,22+/m1/s1. The zero-order chi connectivity index (χ0) is 18.9. The SMILES string of the molecule is CC1(C)CC(=O)[C@@H]2C[C@H]3CCN(c4ccccc4C(C)(C)C)C(=O)[C@]32O1. The maximum Gasteiger partial charge on any atom is 0.260 e. The number of para-hydroxylation sites is 1. The molecule has 1 aliphatic carbocycles. The Morgan fingerprint density at radius 2 is 1.85 bits per heavy atom. The second-order valence-corrected chi connectivity index (χ2v) is 9.80. The molecule has 1 aromatic rings. The highest BCUT2D eigenvalue weighted by Gasteiger charge is 2.70. The molecule has 2 heterocycles. The molecule has 140 valence electrons. The maximum absolute atomic E-state index is 13.7. The van der Waals surface area contributed by atoms with Crippen molar-refractivity contribution in [1.82, 2.24) is 0 Å². The van der Waals surface area contributed by atoms with Gasteiger partial charge in [0.1, 0.15) is 5.78 Å². The predicted molar refractivity (Wildman–Crippen MR) is 101 cm³/mol. The number of benzene rings is 1. The molecule has 2 aliphatic heterocycles. The van der Waals surface area contributed by atoms with Crippen molar-refractivity contribution in [2.24, 2.45) is 11.8 Å². The molecule has 0 unspecified atom stereocenters. The number of Topliss-reactive ketones (excluding diaryl/α,β-unsaturated/α-hetero) is 1. The third-order valence-electron chi connectivity index (χ3n) is 6.36. The van der Waals surface area contributed by atoms with Crippen LogP contribution in [0.1, 0.15) is 59.4 Å². The van der Waals surface area contributed by atoms with Crippen molar-refractivity contribution in [2.75, 3.05) is 11.4 Å². The molecule has 4 rings (SSSR count). The van der Waals surface area contributed by atoms with Crippen LogP contribution in [0.15, 0.2) is 24.3 Å². The molecule has 3 atom stereocenters. The van der Waals surface area contributed by atoms with Crippen molar-refractivity contribution >= 4 is 17.4 Å². The molecular formula is C22H29NO3. The molecule has 1 aromatic carbocycles. The van der Waals surface area contributed by atoms with E-state index < -0.39 is 11.2 Å². The molecule has 3 aliphatic rings. The molecule has 0 radical (unpaired) electrons. The van der Waals surface area contributed by atoms with Crippen LogP contribution in [0.25, 0.3) is 0 Å². The maximum atomic E-state index is 13.7. The Morgan fingerprint density at radius 3 is 2.54 bits per heavy atom. The minimum atomic E-state index is -0.942. The Balaban J connectivity index is 1.77. The monoisotopic (exact) mass is 355 g/mol. The molecule has 0 aromatic heterocycles. The second kappa shape index (κ2) is 5.41. The third kappa shape index (κ3) is 2.38. The largest absolute Gasteiger partial charge is 0.358 e. The van der Waals surface area contributed by atoms with Crippen molar-refractivity contribution in [1.29, 1.82) is 0 Å². The lowest BCUT2D eigenvalue weighted by atomic mass is 9.53. The molecular weight excluding hydrogens is 326 g/mol. The molecule has 3 fully saturated rings. The van der Waals surface area contributed by atoms with Gasteiger partial charge in [-0.25, -0.2) is 0 Å². The van der Waals surface area contributed by atoms with Crippen molar-refractivity contribution in [3.63, 3.8) is 0 Å². The molecule has 4 heteroatoms. The van der Waals surface area contributed by atoms with Gasteiger partial charge in [-0.3, -0.25) is 9.59 Å². The van der Waals surface area contributed by atoms with E-state index in [2.05, 4.69) is 26.8 Å². The fraction of sp³-hybridized carbons (Fsp3) is 0.636. The van der Waals surface area contributed by atoms with E-state index in [0.29, 0.717) is 13.0 Å². The van der Waals surface area contributed by atoms with E-state index in [1.54, 1.807) is 0 Å². The van der Waals surface area contributed by atoms with Gasteiger partial charge >= 0.3 is 0 Å². The quantitative estimate of drug-likeness (QED) is 0.768. The van der Waals surface area contributed by atoms with Crippen LogP contribution in [0, 0.1) is 11.8 Å². The number of rotatable bonds is 1. The normalized spacial score (nSPS) is 33.3. The number of hydrogen-bond donors (Lipinski definition) is 0. The Hall–Kier alpha value is -1.68. The first-order chi connectivity index (χ1) is 12.1. The van der Waals surface area contributed by atoms with Crippen LogP contribution < -0.4 is 4.90 Å². The average Bonchev–Trinajstić information content (AvgIpc) is 2.51. The molecule has 1 saturated carbocycles. The number of ether oxygens (including phenoxy) is 1. The molecule has 26 heavy (non-hydrogen) atoms. The van der Waals surface area contributed by atoms with Crippen molar-refractivity contribution in [2.45, 2.75) is 70.5 Å². The van der Waals surface area contributed by atoms with Crippen molar-refractivity contribution in [3.05, 3.63) is 29.8 Å². The van der Waals surface area contributed by atoms with Gasteiger partial charge in [-0.2, -0.15) is 0 Å². The minimum absolute atomic E-state index is 0.0113. The molecule has 1 spiro atoms. The van der Waals surface area contributed by atoms with Crippen LogP contribution in [0.3, 0.4) is 0 Å². The molecule has 4 nitrogen and oxygen atoms in total. The van der Waals surface area contributed by atoms with Gasteiger partial charge in [0.2, 0.25) is 0 Å². The molecule has 2 saturated heterocycles. The molecule has 1 amide bonds. The summed E-state index contributed by atoms with van der Waals surface area (Å²) in [5, 5.41) is 0. The van der Waals surface area contributed by atoms with E-state index in [4.69, 9.17) is 4.74 Å². The summed E-state index contributed by atoms with van der Waals surface area (Å²) in [4.78, 5) is 28.3. The zero-order valence-corrected chi connectivity index (χ0v) is 16.5. The molecule has 0 bridgehead atoms. The van der Waals surface area contributed by atoms with Crippen molar-refractivity contribution in [3.8, 4) is 0 Å². The summed E-state index contributed by atoms with van der Waals surface area (Å²) in [6.45, 7) is 11.1. The van der Waals surface area contributed by atoms with E-state index in [0.717, 1.165) is 24.1 Å². The number of carbonyl (C=O) groups is 2.